The third-order valence-electron chi connectivity index (χ3n) is 11.9. The number of halogens is 2. The highest BCUT2D eigenvalue weighted by Crippen LogP contribution is 2.49. The topological polar surface area (TPSA) is 85.1 Å². The number of esters is 2. The summed E-state index contributed by atoms with van der Waals surface area (Å²) in [6.07, 6.45) is 1.82. The molecule has 0 radical (unpaired) electrons. The number of nitrogens with zero attached hydrogens (tertiary/aromatic N) is 4. The number of hydrogen-bond donors (Lipinski definition) is 1. The fourth-order valence-corrected chi connectivity index (χ4v) is 9.02. The lowest BCUT2D eigenvalue weighted by atomic mass is 9.88. The largest absolute Gasteiger partial charge is 0.415 e. The normalized spacial score (nSPS) is 14.2. The molecule has 0 saturated carbocycles. The van der Waals surface area contributed by atoms with Gasteiger partial charge < -0.3 is 25.0 Å². The maximum Gasteiger partial charge on any atom is 0.317 e. The van der Waals surface area contributed by atoms with Gasteiger partial charge in [0.15, 0.2) is 0 Å². The molecular weight excluding hydrogens is 846 g/mol. The van der Waals surface area contributed by atoms with Crippen molar-refractivity contribution in [1.82, 2.24) is 0 Å². The first-order valence-electron chi connectivity index (χ1n) is 20.8. The zero-order valence-electron chi connectivity index (χ0n) is 38.0. The lowest BCUT2D eigenvalue weighted by Gasteiger charge is -2.40. The van der Waals surface area contributed by atoms with Crippen LogP contribution in [0.25, 0.3) is 0 Å². The van der Waals surface area contributed by atoms with E-state index in [-0.39, 0.29) is 55.4 Å². The number of hydrogen-bond acceptors (Lipinski definition) is 9. The number of ether oxygens (including phenoxy) is 2. The van der Waals surface area contributed by atoms with Crippen LogP contribution in [0.15, 0.2) is 117 Å². The van der Waals surface area contributed by atoms with Gasteiger partial charge in [0.05, 0.1) is 74.9 Å². The number of carbonyl (C=O) groups excluding carboxylic acids is 2. The number of quaternary nitrogens is 2. The van der Waals surface area contributed by atoms with Crippen LogP contribution in [-0.4, -0.2) is 94.3 Å². The molecule has 0 aliphatic carbocycles. The molecule has 4 aromatic rings. The monoisotopic (exact) mass is 913 g/mol. The Morgan fingerprint density at radius 2 is 0.885 bits per heavy atom. The van der Waals surface area contributed by atoms with Gasteiger partial charge in [0.25, 0.3) is 0 Å². The van der Waals surface area contributed by atoms with Gasteiger partial charge in [-0.3, -0.25) is 18.6 Å². The van der Waals surface area contributed by atoms with E-state index in [4.69, 9.17) is 15.2 Å². The lowest BCUT2D eigenvalue weighted by Crippen LogP contribution is -2.54. The molecule has 2 unspecified atom stereocenters. The summed E-state index contributed by atoms with van der Waals surface area (Å²) in [6, 6.07) is 34.7. The molecule has 6 rings (SSSR count). The first-order valence-corrected chi connectivity index (χ1v) is 22.4. The predicted octanol–water partition coefficient (Wildman–Crippen LogP) is 11.2. The first kappa shape index (κ1) is 51.9. The number of carbonyl (C=O) groups is 2. The number of anilines is 4. The second-order valence-electron chi connectivity index (χ2n) is 18.4. The number of rotatable bonds is 15. The zero-order chi connectivity index (χ0) is 43.2. The Balaban J connectivity index is 0.000000315. The van der Waals surface area contributed by atoms with E-state index in [1.54, 1.807) is 0 Å². The average molecular weight is 915 g/mol. The smallest absolute Gasteiger partial charge is 0.317 e. The summed E-state index contributed by atoms with van der Waals surface area (Å²) >= 11 is 3.64. The summed E-state index contributed by atoms with van der Waals surface area (Å²) in [5.41, 5.74) is 9.56. The van der Waals surface area contributed by atoms with Gasteiger partial charge in [-0.05, 0) is 96.5 Å². The van der Waals surface area contributed by atoms with Gasteiger partial charge in [0, 0.05) is 26.1 Å². The molecule has 0 fully saturated rings. The lowest BCUT2D eigenvalue weighted by molar-refractivity contribution is -0.927. The van der Waals surface area contributed by atoms with E-state index in [0.29, 0.717) is 22.4 Å². The quantitative estimate of drug-likeness (QED) is 0.0712. The first-order chi connectivity index (χ1) is 27.8. The van der Waals surface area contributed by atoms with Crippen molar-refractivity contribution in [1.29, 1.82) is 0 Å². The molecule has 0 spiro atoms. The van der Waals surface area contributed by atoms with Gasteiger partial charge in [0.2, 0.25) is 13.5 Å². The number of nitrogens with two attached hydrogens (primary N) is 1. The van der Waals surface area contributed by atoms with E-state index in [1.807, 2.05) is 51.2 Å². The number of para-hydroxylation sites is 4. The Morgan fingerprint density at radius 3 is 1.18 bits per heavy atom. The molecule has 2 aliphatic heterocycles. The maximum absolute atomic E-state index is 12.6. The van der Waals surface area contributed by atoms with Gasteiger partial charge in [-0.25, -0.2) is 0 Å². The van der Waals surface area contributed by atoms with Crippen molar-refractivity contribution in [3.8, 4) is 0 Å². The van der Waals surface area contributed by atoms with Gasteiger partial charge in [0.1, 0.15) is 12.1 Å². The van der Waals surface area contributed by atoms with E-state index in [9.17, 15) is 9.59 Å². The summed E-state index contributed by atoms with van der Waals surface area (Å²) in [6.45, 7) is 16.7. The van der Waals surface area contributed by atoms with Crippen LogP contribution in [0.3, 0.4) is 0 Å². The minimum atomic E-state index is -0.661. The molecule has 0 saturated heterocycles. The van der Waals surface area contributed by atoms with Crippen LogP contribution in [0.2, 0.25) is 0 Å². The summed E-state index contributed by atoms with van der Waals surface area (Å²) in [7, 11) is 8.48. The molecule has 2 aliphatic rings. The minimum absolute atomic E-state index is 0. The highest BCUT2D eigenvalue weighted by Gasteiger charge is 2.36. The van der Waals surface area contributed by atoms with E-state index in [2.05, 4.69) is 156 Å². The van der Waals surface area contributed by atoms with E-state index < -0.39 is 10.8 Å². The molecule has 4 aromatic carbocycles. The highest BCUT2D eigenvalue weighted by molar-refractivity contribution is 8.00. The van der Waals surface area contributed by atoms with Crippen molar-refractivity contribution < 1.29 is 28.0 Å². The van der Waals surface area contributed by atoms with Crippen molar-refractivity contribution in [2.24, 2.45) is 16.6 Å². The molecule has 13 heteroatoms. The third kappa shape index (κ3) is 12.6. The Morgan fingerprint density at radius 1 is 0.590 bits per heavy atom. The van der Waals surface area contributed by atoms with Crippen molar-refractivity contribution in [2.45, 2.75) is 93.0 Å². The van der Waals surface area contributed by atoms with Crippen LogP contribution in [0.1, 0.15) is 61.3 Å². The summed E-state index contributed by atoms with van der Waals surface area (Å²) in [5, 5.41) is 0. The van der Waals surface area contributed by atoms with E-state index in [0.717, 1.165) is 25.9 Å². The Hall–Kier alpha value is -3.42. The highest BCUT2D eigenvalue weighted by atomic mass is 35.5. The van der Waals surface area contributed by atoms with Crippen molar-refractivity contribution >= 4 is 83.0 Å². The van der Waals surface area contributed by atoms with Crippen LogP contribution in [-0.2, 0) is 19.1 Å². The van der Waals surface area contributed by atoms with Gasteiger partial charge in [-0.2, -0.15) is 0 Å². The second-order valence-corrected chi connectivity index (χ2v) is 20.6. The van der Waals surface area contributed by atoms with Crippen LogP contribution in [0.4, 0.5) is 22.7 Å². The van der Waals surface area contributed by atoms with E-state index >= 15 is 0 Å². The van der Waals surface area contributed by atoms with Crippen molar-refractivity contribution in [3.63, 3.8) is 0 Å². The molecule has 334 valence electrons. The maximum atomic E-state index is 12.6. The van der Waals surface area contributed by atoms with E-state index in [1.165, 1.54) is 42.3 Å². The summed E-state index contributed by atoms with van der Waals surface area (Å²) in [4.78, 5) is 34.8. The molecule has 0 bridgehead atoms. The SMILES string of the molecule is CC(CN1c2ccccc2Sc2ccccc21)[N+](C)(C)COC(=O)C(C)(C)CN.CCCC(C)(C)C(=O)OC[N+](C)(C)C(C)CN1c2ccccc2Sc2ccccc21.Cl.Cl. The Kier molecular flexibility index (Phi) is 18.5. The zero-order valence-corrected chi connectivity index (χ0v) is 41.2. The third-order valence-corrected chi connectivity index (χ3v) is 14.2. The van der Waals surface area contributed by atoms with Gasteiger partial charge in [-0.15, -0.1) is 24.8 Å². The van der Waals surface area contributed by atoms with Gasteiger partial charge >= 0.3 is 11.9 Å². The van der Waals surface area contributed by atoms with Crippen LogP contribution in [0, 0.1) is 10.8 Å². The second kappa shape index (κ2) is 21.8. The molecule has 0 aromatic heterocycles. The minimum Gasteiger partial charge on any atom is -0.415 e. The molecule has 2 atom stereocenters. The fraction of sp³-hybridized carbons (Fsp3) is 0.458. The van der Waals surface area contributed by atoms with Crippen molar-refractivity contribution in [2.75, 3.05) is 71.1 Å². The summed E-state index contributed by atoms with van der Waals surface area (Å²) < 4.78 is 12.6. The number of likely N-dealkylation sites (N-methyl/N-ethyl adjacent to an activating group) is 2. The fourth-order valence-electron chi connectivity index (χ4n) is 6.83. The van der Waals surface area contributed by atoms with Crippen LogP contribution < -0.4 is 15.5 Å². The Labute approximate surface area is 386 Å². The van der Waals surface area contributed by atoms with Crippen LogP contribution in [0.5, 0.6) is 0 Å². The molecular formula is C48H69Cl2N5O4S2+2. The number of fused-ring (bicyclic) bond motifs is 4. The number of benzene rings is 4. The van der Waals surface area contributed by atoms with Gasteiger partial charge in [-0.1, -0.05) is 85.4 Å². The Bertz CT molecular complexity index is 1990. The molecule has 2 heterocycles. The summed E-state index contributed by atoms with van der Waals surface area (Å²) in [5.74, 6) is -0.351. The molecule has 61 heavy (non-hydrogen) atoms. The molecule has 9 nitrogen and oxygen atoms in total. The van der Waals surface area contributed by atoms with Crippen LogP contribution >= 0.6 is 48.3 Å². The van der Waals surface area contributed by atoms with Crippen molar-refractivity contribution in [3.05, 3.63) is 97.1 Å². The average Bonchev–Trinajstić information content (AvgIpc) is 3.21. The molecule has 2 N–H and O–H groups in total. The molecule has 0 amide bonds. The standard InChI is InChI=1S/C25H35N2O2S.C23H32N3O2S.2ClH/c1-7-16-25(3,4)24(28)29-18-27(5,6)19(2)17-26-20-12-8-10-14-22(20)30-23-15-11-9-13-21(23)26;1-17(26(4,5)16-28-22(27)23(2,3)15-24)14-25-18-10-6-8-12-20(18)29-21-13-9-7-11-19(21)25;;/h8-15,19H,7,16-18H2,1-6H3;6-13,17H,14-16,24H2,1-5H3;2*1H/q2*+1;;. The predicted molar refractivity (Wildman–Crippen MR) is 259 cm³/mol.